The number of nitrogens with zero attached hydrogens (tertiary/aromatic N) is 1. The van der Waals surface area contributed by atoms with Crippen LogP contribution in [0.5, 0.6) is 5.75 Å². The summed E-state index contributed by atoms with van der Waals surface area (Å²) in [6.07, 6.45) is -0.678. The molecule has 3 aromatic rings. The van der Waals surface area contributed by atoms with E-state index >= 15 is 0 Å². The molecule has 0 spiro atoms. The highest BCUT2D eigenvalue weighted by Gasteiger charge is 2.20. The standard InChI is InChI=1S/C26H28N2O4/c1-3-32-24-12-8-7-11-22(24)18-28(17-19(2)29)26(31)21-13-15-23(16-14-21)27-25(30)20-9-5-4-6-10-20/h4-16,19,29H,3,17-18H2,1-2H3,(H,27,30)/t19-/m0/s1. The van der Waals surface area contributed by atoms with Crippen LogP contribution in [0.25, 0.3) is 0 Å². The quantitative estimate of drug-likeness (QED) is 0.527. The van der Waals surface area contributed by atoms with E-state index in [-0.39, 0.29) is 18.4 Å². The van der Waals surface area contributed by atoms with Crippen molar-refractivity contribution in [3.63, 3.8) is 0 Å². The maximum atomic E-state index is 13.2. The Labute approximate surface area is 188 Å². The summed E-state index contributed by atoms with van der Waals surface area (Å²) in [5, 5.41) is 12.8. The molecule has 0 unspecified atom stereocenters. The minimum absolute atomic E-state index is 0.186. The Morgan fingerprint density at radius 2 is 1.59 bits per heavy atom. The molecule has 166 valence electrons. The van der Waals surface area contributed by atoms with Gasteiger partial charge in [-0.2, -0.15) is 0 Å². The van der Waals surface area contributed by atoms with Gasteiger partial charge in [0.05, 0.1) is 12.7 Å². The lowest BCUT2D eigenvalue weighted by atomic mass is 10.1. The SMILES string of the molecule is CCOc1ccccc1CN(C[C@H](C)O)C(=O)c1ccc(NC(=O)c2ccccc2)cc1. The topological polar surface area (TPSA) is 78.9 Å². The van der Waals surface area contributed by atoms with Gasteiger partial charge in [-0.15, -0.1) is 0 Å². The summed E-state index contributed by atoms with van der Waals surface area (Å²) in [7, 11) is 0. The average Bonchev–Trinajstić information content (AvgIpc) is 2.80. The van der Waals surface area contributed by atoms with Gasteiger partial charge in [0.15, 0.2) is 0 Å². The molecule has 6 heteroatoms. The number of amides is 2. The number of para-hydroxylation sites is 1. The molecule has 3 aromatic carbocycles. The van der Waals surface area contributed by atoms with Gasteiger partial charge in [-0.3, -0.25) is 9.59 Å². The summed E-state index contributed by atoms with van der Waals surface area (Å²) in [4.78, 5) is 27.1. The van der Waals surface area contributed by atoms with Gasteiger partial charge in [-0.05, 0) is 56.3 Å². The van der Waals surface area contributed by atoms with Gasteiger partial charge in [0, 0.05) is 35.5 Å². The highest BCUT2D eigenvalue weighted by atomic mass is 16.5. The summed E-state index contributed by atoms with van der Waals surface area (Å²) < 4.78 is 5.68. The van der Waals surface area contributed by atoms with Gasteiger partial charge in [-0.25, -0.2) is 0 Å². The highest BCUT2D eigenvalue weighted by molar-refractivity contribution is 6.04. The van der Waals surface area contributed by atoms with Crippen LogP contribution in [0.1, 0.15) is 40.1 Å². The Hall–Kier alpha value is -3.64. The number of carbonyl (C=O) groups excluding carboxylic acids is 2. The van der Waals surface area contributed by atoms with E-state index in [2.05, 4.69) is 5.32 Å². The molecule has 0 aromatic heterocycles. The molecule has 0 saturated heterocycles. The number of hydrogen-bond acceptors (Lipinski definition) is 4. The zero-order chi connectivity index (χ0) is 22.9. The van der Waals surface area contributed by atoms with Crippen LogP contribution in [0.2, 0.25) is 0 Å². The third-order valence-corrected chi connectivity index (χ3v) is 4.83. The first-order valence-corrected chi connectivity index (χ1v) is 10.6. The summed E-state index contributed by atoms with van der Waals surface area (Å²) in [5.41, 5.74) is 2.50. The molecule has 0 heterocycles. The third-order valence-electron chi connectivity index (χ3n) is 4.83. The molecule has 0 radical (unpaired) electrons. The third kappa shape index (κ3) is 6.18. The lowest BCUT2D eigenvalue weighted by molar-refractivity contribution is 0.0628. The molecular weight excluding hydrogens is 404 g/mol. The number of aliphatic hydroxyl groups excluding tert-OH is 1. The van der Waals surface area contributed by atoms with E-state index in [1.165, 1.54) is 0 Å². The second-order valence-electron chi connectivity index (χ2n) is 7.47. The van der Waals surface area contributed by atoms with Crippen LogP contribution in [0.15, 0.2) is 78.9 Å². The molecule has 6 nitrogen and oxygen atoms in total. The number of carbonyl (C=O) groups is 2. The first kappa shape index (κ1) is 23.0. The molecule has 0 saturated carbocycles. The van der Waals surface area contributed by atoms with Crippen molar-refractivity contribution < 1.29 is 19.4 Å². The van der Waals surface area contributed by atoms with Crippen molar-refractivity contribution in [2.45, 2.75) is 26.5 Å². The van der Waals surface area contributed by atoms with E-state index in [1.54, 1.807) is 60.4 Å². The average molecular weight is 433 g/mol. The molecule has 0 aliphatic rings. The number of ether oxygens (including phenoxy) is 1. The van der Waals surface area contributed by atoms with Crippen molar-refractivity contribution in [1.29, 1.82) is 0 Å². The second kappa shape index (κ2) is 11.1. The van der Waals surface area contributed by atoms with Crippen LogP contribution in [-0.4, -0.2) is 41.1 Å². The minimum atomic E-state index is -0.678. The van der Waals surface area contributed by atoms with Crippen LogP contribution < -0.4 is 10.1 Å². The number of hydrogen-bond donors (Lipinski definition) is 2. The van der Waals surface area contributed by atoms with E-state index < -0.39 is 6.10 Å². The molecule has 0 fully saturated rings. The summed E-state index contributed by atoms with van der Waals surface area (Å²) in [6, 6.07) is 23.2. The number of benzene rings is 3. The second-order valence-corrected chi connectivity index (χ2v) is 7.47. The van der Waals surface area contributed by atoms with Crippen molar-refractivity contribution in [2.75, 3.05) is 18.5 Å². The van der Waals surface area contributed by atoms with Crippen molar-refractivity contribution in [3.8, 4) is 5.75 Å². The molecule has 0 aliphatic carbocycles. The van der Waals surface area contributed by atoms with Gasteiger partial charge in [-0.1, -0.05) is 36.4 Å². The van der Waals surface area contributed by atoms with Crippen LogP contribution in [0, 0.1) is 0 Å². The molecule has 1 atom stereocenters. The minimum Gasteiger partial charge on any atom is -0.494 e. The molecule has 2 N–H and O–H groups in total. The van der Waals surface area contributed by atoms with E-state index in [0.717, 1.165) is 11.3 Å². The van der Waals surface area contributed by atoms with Crippen LogP contribution >= 0.6 is 0 Å². The first-order valence-electron chi connectivity index (χ1n) is 10.6. The van der Waals surface area contributed by atoms with E-state index in [0.29, 0.717) is 30.0 Å². The zero-order valence-corrected chi connectivity index (χ0v) is 18.3. The van der Waals surface area contributed by atoms with Crippen molar-refractivity contribution in [1.82, 2.24) is 4.90 Å². The van der Waals surface area contributed by atoms with Gasteiger partial charge in [0.1, 0.15) is 5.75 Å². The van der Waals surface area contributed by atoms with E-state index in [4.69, 9.17) is 4.74 Å². The Kier molecular flexibility index (Phi) is 8.00. The predicted molar refractivity (Wildman–Crippen MR) is 125 cm³/mol. The van der Waals surface area contributed by atoms with Gasteiger partial charge in [0.2, 0.25) is 0 Å². The lowest BCUT2D eigenvalue weighted by Gasteiger charge is -2.25. The number of anilines is 1. The zero-order valence-electron chi connectivity index (χ0n) is 18.3. The maximum absolute atomic E-state index is 13.2. The molecular formula is C26H28N2O4. The van der Waals surface area contributed by atoms with Gasteiger partial charge < -0.3 is 20.1 Å². The van der Waals surface area contributed by atoms with E-state index in [9.17, 15) is 14.7 Å². The van der Waals surface area contributed by atoms with Crippen LogP contribution in [-0.2, 0) is 6.54 Å². The molecule has 0 aliphatic heterocycles. The highest BCUT2D eigenvalue weighted by Crippen LogP contribution is 2.22. The van der Waals surface area contributed by atoms with Gasteiger partial charge in [0.25, 0.3) is 11.8 Å². The molecule has 0 bridgehead atoms. The molecule has 2 amide bonds. The first-order chi connectivity index (χ1) is 15.5. The molecule has 32 heavy (non-hydrogen) atoms. The fourth-order valence-electron chi connectivity index (χ4n) is 3.35. The summed E-state index contributed by atoms with van der Waals surface area (Å²) >= 11 is 0. The predicted octanol–water partition coefficient (Wildman–Crippen LogP) is 4.36. The Balaban J connectivity index is 1.74. The van der Waals surface area contributed by atoms with Crippen LogP contribution in [0.4, 0.5) is 5.69 Å². The lowest BCUT2D eigenvalue weighted by Crippen LogP contribution is -2.36. The Morgan fingerprint density at radius 3 is 2.25 bits per heavy atom. The number of rotatable bonds is 9. The maximum Gasteiger partial charge on any atom is 0.255 e. The van der Waals surface area contributed by atoms with Crippen LogP contribution in [0.3, 0.4) is 0 Å². The van der Waals surface area contributed by atoms with Crippen molar-refractivity contribution >= 4 is 17.5 Å². The normalized spacial score (nSPS) is 11.5. The smallest absolute Gasteiger partial charge is 0.255 e. The molecule has 3 rings (SSSR count). The summed E-state index contributed by atoms with van der Waals surface area (Å²) in [6.45, 7) is 4.58. The Bertz CT molecular complexity index is 1030. The fraction of sp³-hybridized carbons (Fsp3) is 0.231. The monoisotopic (exact) mass is 432 g/mol. The van der Waals surface area contributed by atoms with Crippen molar-refractivity contribution in [3.05, 3.63) is 95.6 Å². The largest absolute Gasteiger partial charge is 0.494 e. The van der Waals surface area contributed by atoms with Crippen molar-refractivity contribution in [2.24, 2.45) is 0 Å². The van der Waals surface area contributed by atoms with Gasteiger partial charge >= 0.3 is 0 Å². The fourth-order valence-corrected chi connectivity index (χ4v) is 3.35. The van der Waals surface area contributed by atoms with E-state index in [1.807, 2.05) is 37.3 Å². The number of nitrogens with one attached hydrogen (secondary N) is 1. The Morgan fingerprint density at radius 1 is 0.938 bits per heavy atom. The number of aliphatic hydroxyl groups is 1. The summed E-state index contributed by atoms with van der Waals surface area (Å²) in [5.74, 6) is 0.295.